The second-order valence-corrected chi connectivity index (χ2v) is 8.71. The number of hydrogen-bond donors (Lipinski definition) is 1. The summed E-state index contributed by atoms with van der Waals surface area (Å²) in [4.78, 5) is 11.3. The summed E-state index contributed by atoms with van der Waals surface area (Å²) in [5, 5.41) is 21.1. The van der Waals surface area contributed by atoms with Crippen LogP contribution in [0.3, 0.4) is 0 Å². The topological polar surface area (TPSA) is 115 Å². The van der Waals surface area contributed by atoms with Gasteiger partial charge in [0.05, 0.1) is 21.5 Å². The summed E-state index contributed by atoms with van der Waals surface area (Å²) in [5.74, 6) is -1.07. The van der Waals surface area contributed by atoms with Crippen molar-refractivity contribution in [3.05, 3.63) is 28.3 Å². The highest BCUT2D eigenvalue weighted by Crippen LogP contribution is 2.38. The number of hydrogen-bond acceptors (Lipinski definition) is 7. The third kappa shape index (κ3) is 3.40. The Hall–Kier alpha value is -1.65. The molecule has 0 unspecified atom stereocenters. The molecule has 1 heterocycles. The van der Waals surface area contributed by atoms with E-state index in [1.165, 1.54) is 23.9 Å². The Morgan fingerprint density at radius 1 is 1.46 bits per heavy atom. The highest BCUT2D eigenvalue weighted by molar-refractivity contribution is 7.98. The molecule has 1 N–H and O–H groups in total. The SMILES string of the molecule is CS(=O)(=O)c1ccc(C(=O)O)c(Cl)c1CSc1nnnn1C1CC1. The molecule has 0 amide bonds. The first-order valence-corrected chi connectivity index (χ1v) is 10.2. The van der Waals surface area contributed by atoms with Crippen molar-refractivity contribution in [2.45, 2.75) is 34.7 Å². The number of tetrazole rings is 1. The molecule has 11 heteroatoms. The van der Waals surface area contributed by atoms with E-state index in [-0.39, 0.29) is 32.8 Å². The summed E-state index contributed by atoms with van der Waals surface area (Å²) in [6.07, 6.45) is 3.06. The van der Waals surface area contributed by atoms with Crippen LogP contribution in [-0.2, 0) is 15.6 Å². The minimum absolute atomic E-state index is 0.00967. The van der Waals surface area contributed by atoms with Gasteiger partial charge in [0.1, 0.15) is 0 Å². The molecular formula is C13H13ClN4O4S2. The van der Waals surface area contributed by atoms with Gasteiger partial charge in [-0.25, -0.2) is 17.9 Å². The third-order valence-corrected chi connectivity index (χ3v) is 6.10. The van der Waals surface area contributed by atoms with Crippen LogP contribution >= 0.6 is 23.4 Å². The zero-order valence-electron chi connectivity index (χ0n) is 12.5. The molecule has 1 fully saturated rings. The fourth-order valence-corrected chi connectivity index (χ4v) is 4.68. The van der Waals surface area contributed by atoms with E-state index in [2.05, 4.69) is 15.5 Å². The molecule has 0 aliphatic heterocycles. The van der Waals surface area contributed by atoms with Crippen molar-refractivity contribution in [1.29, 1.82) is 0 Å². The van der Waals surface area contributed by atoms with Crippen LogP contribution in [-0.4, -0.2) is 46.0 Å². The van der Waals surface area contributed by atoms with Gasteiger partial charge in [0.15, 0.2) is 9.84 Å². The predicted octanol–water partition coefficient (Wildman–Crippen LogP) is 2.06. The summed E-state index contributed by atoms with van der Waals surface area (Å²) in [6, 6.07) is 2.74. The minimum Gasteiger partial charge on any atom is -0.478 e. The van der Waals surface area contributed by atoms with Crippen molar-refractivity contribution in [1.82, 2.24) is 20.2 Å². The van der Waals surface area contributed by atoms with E-state index in [0.717, 1.165) is 19.1 Å². The molecule has 0 spiro atoms. The highest BCUT2D eigenvalue weighted by Gasteiger charge is 2.28. The Balaban J connectivity index is 1.97. The number of thioether (sulfide) groups is 1. The fraction of sp³-hybridized carbons (Fsp3) is 0.385. The quantitative estimate of drug-likeness (QED) is 0.747. The molecule has 0 bridgehead atoms. The van der Waals surface area contributed by atoms with Gasteiger partial charge in [0, 0.05) is 17.6 Å². The maximum atomic E-state index is 12.0. The maximum Gasteiger partial charge on any atom is 0.337 e. The lowest BCUT2D eigenvalue weighted by Gasteiger charge is -2.12. The van der Waals surface area contributed by atoms with Crippen molar-refractivity contribution in [2.75, 3.05) is 6.26 Å². The summed E-state index contributed by atoms with van der Waals surface area (Å²) in [5.41, 5.74) is 0.107. The molecule has 1 aromatic heterocycles. The molecule has 0 saturated heterocycles. The van der Waals surface area contributed by atoms with Crippen LogP contribution in [0.1, 0.15) is 34.8 Å². The zero-order valence-corrected chi connectivity index (χ0v) is 14.9. The maximum absolute atomic E-state index is 12.0. The van der Waals surface area contributed by atoms with Gasteiger partial charge in [0.25, 0.3) is 0 Å². The highest BCUT2D eigenvalue weighted by atomic mass is 35.5. The predicted molar refractivity (Wildman–Crippen MR) is 87.2 cm³/mol. The first kappa shape index (κ1) is 17.2. The van der Waals surface area contributed by atoms with E-state index < -0.39 is 15.8 Å². The van der Waals surface area contributed by atoms with E-state index in [4.69, 9.17) is 11.6 Å². The molecule has 8 nitrogen and oxygen atoms in total. The van der Waals surface area contributed by atoms with Gasteiger partial charge in [-0.05, 0) is 35.4 Å². The van der Waals surface area contributed by atoms with Crippen molar-refractivity contribution in [3.8, 4) is 0 Å². The van der Waals surface area contributed by atoms with Gasteiger partial charge in [0.2, 0.25) is 5.16 Å². The van der Waals surface area contributed by atoms with Crippen LogP contribution < -0.4 is 0 Å². The Bertz CT molecular complexity index is 909. The molecule has 1 aliphatic rings. The number of rotatable bonds is 6. The normalized spacial score (nSPS) is 14.8. The van der Waals surface area contributed by atoms with Crippen molar-refractivity contribution >= 4 is 39.2 Å². The van der Waals surface area contributed by atoms with Crippen LogP contribution in [0, 0.1) is 0 Å². The summed E-state index contributed by atoms with van der Waals surface area (Å²) < 4.78 is 25.6. The average molecular weight is 389 g/mol. The van der Waals surface area contributed by atoms with Crippen molar-refractivity contribution in [3.63, 3.8) is 0 Å². The third-order valence-electron chi connectivity index (χ3n) is 3.53. The molecule has 1 saturated carbocycles. The Kier molecular flexibility index (Phi) is 4.54. The number of carboxylic acids is 1. The van der Waals surface area contributed by atoms with Crippen LogP contribution in [0.15, 0.2) is 22.2 Å². The van der Waals surface area contributed by atoms with Gasteiger partial charge in [-0.2, -0.15) is 0 Å². The van der Waals surface area contributed by atoms with E-state index in [1.54, 1.807) is 4.68 Å². The largest absolute Gasteiger partial charge is 0.478 e. The van der Waals surface area contributed by atoms with E-state index in [0.29, 0.717) is 5.16 Å². The van der Waals surface area contributed by atoms with Gasteiger partial charge in [-0.15, -0.1) is 5.10 Å². The Morgan fingerprint density at radius 3 is 2.75 bits per heavy atom. The minimum atomic E-state index is -3.55. The number of halogens is 1. The number of nitrogens with zero attached hydrogens (tertiary/aromatic N) is 4. The average Bonchev–Trinajstić information content (AvgIpc) is 3.23. The summed E-state index contributed by atoms with van der Waals surface area (Å²) >= 11 is 7.38. The van der Waals surface area contributed by atoms with E-state index in [9.17, 15) is 18.3 Å². The number of sulfone groups is 1. The molecular weight excluding hydrogens is 376 g/mol. The first-order chi connectivity index (χ1) is 11.3. The molecule has 128 valence electrons. The monoisotopic (exact) mass is 388 g/mol. The summed E-state index contributed by atoms with van der Waals surface area (Å²) in [7, 11) is -3.55. The Labute approximate surface area is 147 Å². The van der Waals surface area contributed by atoms with Gasteiger partial charge in [-0.1, -0.05) is 23.4 Å². The zero-order chi connectivity index (χ0) is 17.5. The summed E-state index contributed by atoms with van der Waals surface area (Å²) in [6.45, 7) is 0. The lowest BCUT2D eigenvalue weighted by Crippen LogP contribution is -2.07. The Morgan fingerprint density at radius 2 is 2.17 bits per heavy atom. The number of aromatic carboxylic acids is 1. The van der Waals surface area contributed by atoms with E-state index >= 15 is 0 Å². The molecule has 0 radical (unpaired) electrons. The van der Waals surface area contributed by atoms with Gasteiger partial charge >= 0.3 is 5.97 Å². The molecule has 3 rings (SSSR count). The standard InChI is InChI=1S/C13H13ClN4O4S2/c1-24(21,22)10-5-4-8(12(19)20)11(14)9(10)6-23-13-15-16-17-18(13)7-2-3-7/h4-5,7H,2-3,6H2,1H3,(H,19,20). The molecule has 1 aromatic carbocycles. The first-order valence-electron chi connectivity index (χ1n) is 6.94. The van der Waals surface area contributed by atoms with E-state index in [1.807, 2.05) is 0 Å². The second-order valence-electron chi connectivity index (χ2n) is 5.41. The van der Waals surface area contributed by atoms with Crippen LogP contribution in [0.2, 0.25) is 5.02 Å². The molecule has 2 aromatic rings. The smallest absolute Gasteiger partial charge is 0.337 e. The van der Waals surface area contributed by atoms with Crippen LogP contribution in [0.25, 0.3) is 0 Å². The number of aromatic nitrogens is 4. The molecule has 0 atom stereocenters. The van der Waals surface area contributed by atoms with Crippen LogP contribution in [0.5, 0.6) is 0 Å². The van der Waals surface area contributed by atoms with Crippen molar-refractivity contribution in [2.24, 2.45) is 0 Å². The van der Waals surface area contributed by atoms with Crippen molar-refractivity contribution < 1.29 is 18.3 Å². The molecule has 24 heavy (non-hydrogen) atoms. The number of benzene rings is 1. The lowest BCUT2D eigenvalue weighted by molar-refractivity contribution is 0.0697. The molecule has 1 aliphatic carbocycles. The fourth-order valence-electron chi connectivity index (χ4n) is 2.22. The van der Waals surface area contributed by atoms with Gasteiger partial charge < -0.3 is 5.11 Å². The lowest BCUT2D eigenvalue weighted by atomic mass is 10.1. The second kappa shape index (κ2) is 6.34. The number of carboxylic acid groups (broad SMARTS) is 1. The van der Waals surface area contributed by atoms with Gasteiger partial charge in [-0.3, -0.25) is 0 Å². The number of carbonyl (C=O) groups is 1. The van der Waals surface area contributed by atoms with Crippen LogP contribution in [0.4, 0.5) is 0 Å².